The van der Waals surface area contributed by atoms with Crippen LogP contribution < -0.4 is 14.9 Å². The van der Waals surface area contributed by atoms with Crippen LogP contribution in [-0.2, 0) is 0 Å². The van der Waals surface area contributed by atoms with Crippen molar-refractivity contribution in [1.82, 2.24) is 10.3 Å². The molecule has 0 bridgehead atoms. The highest BCUT2D eigenvalue weighted by atomic mass is 35.5. The van der Waals surface area contributed by atoms with Gasteiger partial charge in [0.25, 0.3) is 5.69 Å². The summed E-state index contributed by atoms with van der Waals surface area (Å²) in [7, 11) is 0. The predicted octanol–water partition coefficient (Wildman–Crippen LogP) is 4.54. The first-order valence-corrected chi connectivity index (χ1v) is 10.6. The van der Waals surface area contributed by atoms with Crippen molar-refractivity contribution in [1.29, 1.82) is 0 Å². The van der Waals surface area contributed by atoms with Crippen LogP contribution in [0, 0.1) is 16.8 Å². The van der Waals surface area contributed by atoms with Crippen molar-refractivity contribution < 1.29 is 13.5 Å². The lowest BCUT2D eigenvalue weighted by molar-refractivity contribution is -0.592. The van der Waals surface area contributed by atoms with E-state index in [2.05, 4.69) is 10.2 Å². The van der Waals surface area contributed by atoms with Gasteiger partial charge in [-0.2, -0.15) is 4.73 Å². The molecule has 1 aliphatic heterocycles. The number of benzene rings is 2. The maximum Gasteiger partial charge on any atom is 0.251 e. The van der Waals surface area contributed by atoms with Crippen LogP contribution in [0.3, 0.4) is 0 Å². The van der Waals surface area contributed by atoms with Crippen LogP contribution in [-0.4, -0.2) is 31.2 Å². The second-order valence-electron chi connectivity index (χ2n) is 7.62. The van der Waals surface area contributed by atoms with Crippen molar-refractivity contribution in [2.24, 2.45) is 0 Å². The molecule has 2 aromatic carbocycles. The highest BCUT2D eigenvalue weighted by Crippen LogP contribution is 2.37. The van der Waals surface area contributed by atoms with E-state index in [9.17, 15) is 14.0 Å². The van der Waals surface area contributed by atoms with Crippen molar-refractivity contribution in [3.8, 4) is 22.4 Å². The second kappa shape index (κ2) is 8.33. The van der Waals surface area contributed by atoms with Gasteiger partial charge in [-0.15, -0.1) is 0 Å². The quantitative estimate of drug-likeness (QED) is 0.366. The summed E-state index contributed by atoms with van der Waals surface area (Å²) in [5.41, 5.74) is 2.00. The molecule has 5 nitrogen and oxygen atoms in total. The van der Waals surface area contributed by atoms with Crippen molar-refractivity contribution in [2.45, 2.75) is 0 Å². The number of aromatic nitrogens is 2. The van der Waals surface area contributed by atoms with Crippen molar-refractivity contribution in [3.63, 3.8) is 0 Å². The zero-order chi connectivity index (χ0) is 22.2. The van der Waals surface area contributed by atoms with Crippen LogP contribution in [0.2, 0.25) is 5.02 Å². The zero-order valence-corrected chi connectivity index (χ0v) is 17.7. The summed E-state index contributed by atoms with van der Waals surface area (Å²) in [5, 5.41) is 17.2. The van der Waals surface area contributed by atoms with Gasteiger partial charge in [0.1, 0.15) is 23.0 Å². The summed E-state index contributed by atoms with van der Waals surface area (Å²) in [5.74, 6) is -0.708. The van der Waals surface area contributed by atoms with E-state index in [4.69, 9.17) is 16.6 Å². The van der Waals surface area contributed by atoms with Crippen LogP contribution >= 0.6 is 11.6 Å². The van der Waals surface area contributed by atoms with E-state index in [1.54, 1.807) is 36.4 Å². The number of rotatable bonds is 3. The molecule has 0 saturated carbocycles. The first kappa shape index (κ1) is 20.6. The summed E-state index contributed by atoms with van der Waals surface area (Å²) in [6.07, 6.45) is 1.36. The largest absolute Gasteiger partial charge is 0.618 e. The van der Waals surface area contributed by atoms with Crippen LogP contribution in [0.1, 0.15) is 0 Å². The molecule has 0 spiro atoms. The molecule has 2 aromatic heterocycles. The van der Waals surface area contributed by atoms with E-state index < -0.39 is 11.6 Å². The first-order chi connectivity index (χ1) is 15.5. The normalized spacial score (nSPS) is 14.2. The highest BCUT2D eigenvalue weighted by molar-refractivity contribution is 6.33. The third-order valence-corrected chi connectivity index (χ3v) is 5.99. The van der Waals surface area contributed by atoms with E-state index in [1.165, 1.54) is 18.3 Å². The molecule has 0 amide bonds. The van der Waals surface area contributed by atoms with E-state index in [1.807, 2.05) is 0 Å². The molecular weight excluding hydrogens is 434 g/mol. The minimum Gasteiger partial charge on any atom is -0.618 e. The van der Waals surface area contributed by atoms with Gasteiger partial charge in [0, 0.05) is 49.3 Å². The lowest BCUT2D eigenvalue weighted by atomic mass is 9.98. The van der Waals surface area contributed by atoms with Gasteiger partial charge in [-0.25, -0.2) is 13.8 Å². The van der Waals surface area contributed by atoms with E-state index in [-0.39, 0.29) is 11.3 Å². The minimum atomic E-state index is -0.679. The standard InChI is InChI=1S/C24H19ClF2N4O/c25-20-4-2-1-3-18(20)24-23-17(7-10-31(24)32)19(16-6-5-15(26)13-21(16)27)14-22(29-23)30-11-8-28-9-12-30/h1-7,10,13-14,28H,8-9,11-12H2. The Labute approximate surface area is 188 Å². The summed E-state index contributed by atoms with van der Waals surface area (Å²) < 4.78 is 29.2. The Hall–Kier alpha value is -3.29. The minimum absolute atomic E-state index is 0.240. The number of fused-ring (bicyclic) bond motifs is 1. The van der Waals surface area contributed by atoms with Crippen molar-refractivity contribution in [3.05, 3.63) is 82.7 Å². The molecule has 1 fully saturated rings. The Balaban J connectivity index is 1.85. The van der Waals surface area contributed by atoms with Crippen LogP contribution in [0.5, 0.6) is 0 Å². The van der Waals surface area contributed by atoms with Gasteiger partial charge >= 0.3 is 0 Å². The summed E-state index contributed by atoms with van der Waals surface area (Å²) in [4.78, 5) is 6.92. The van der Waals surface area contributed by atoms with Crippen LogP contribution in [0.25, 0.3) is 33.3 Å². The van der Waals surface area contributed by atoms with E-state index >= 15 is 0 Å². The fourth-order valence-electron chi connectivity index (χ4n) is 4.10. The Kier molecular flexibility index (Phi) is 5.36. The van der Waals surface area contributed by atoms with Crippen LogP contribution in [0.15, 0.2) is 60.8 Å². The number of halogens is 3. The topological polar surface area (TPSA) is 55.1 Å². The molecular formula is C24H19ClF2N4O. The maximum absolute atomic E-state index is 14.8. The number of hydrogen-bond acceptors (Lipinski definition) is 4. The Bertz CT molecular complexity index is 1330. The van der Waals surface area contributed by atoms with Gasteiger partial charge in [0.05, 0.1) is 10.6 Å². The van der Waals surface area contributed by atoms with Gasteiger partial charge < -0.3 is 15.4 Å². The van der Waals surface area contributed by atoms with E-state index in [0.29, 0.717) is 32.9 Å². The monoisotopic (exact) mass is 452 g/mol. The lowest BCUT2D eigenvalue weighted by Crippen LogP contribution is -2.44. The van der Waals surface area contributed by atoms with Crippen molar-refractivity contribution in [2.75, 3.05) is 31.1 Å². The number of pyridine rings is 2. The van der Waals surface area contributed by atoms with Gasteiger partial charge in [-0.05, 0) is 35.9 Å². The molecule has 3 heterocycles. The molecule has 0 atom stereocenters. The molecule has 1 saturated heterocycles. The smallest absolute Gasteiger partial charge is 0.251 e. The average Bonchev–Trinajstić information content (AvgIpc) is 2.80. The highest BCUT2D eigenvalue weighted by Gasteiger charge is 2.24. The third kappa shape index (κ3) is 3.63. The second-order valence-corrected chi connectivity index (χ2v) is 8.03. The molecule has 4 aromatic rings. The fourth-order valence-corrected chi connectivity index (χ4v) is 4.32. The molecule has 0 radical (unpaired) electrons. The number of hydrogen-bond donors (Lipinski definition) is 1. The number of piperazine rings is 1. The van der Waals surface area contributed by atoms with Gasteiger partial charge in [-0.1, -0.05) is 23.7 Å². The Morgan fingerprint density at radius 3 is 2.50 bits per heavy atom. The third-order valence-electron chi connectivity index (χ3n) is 5.66. The molecule has 1 N–H and O–H groups in total. The lowest BCUT2D eigenvalue weighted by Gasteiger charge is -2.29. The molecule has 162 valence electrons. The number of nitrogens with one attached hydrogen (secondary N) is 1. The van der Waals surface area contributed by atoms with Gasteiger partial charge in [0.15, 0.2) is 6.20 Å². The number of nitrogens with zero attached hydrogens (tertiary/aromatic N) is 3. The van der Waals surface area contributed by atoms with Gasteiger partial charge in [-0.3, -0.25) is 0 Å². The zero-order valence-electron chi connectivity index (χ0n) is 17.0. The SMILES string of the molecule is [O-][n+]1ccc2c(-c3ccc(F)cc3F)cc(N3CCNCC3)nc2c1-c1ccccc1Cl. The average molecular weight is 453 g/mol. The number of anilines is 1. The molecule has 0 unspecified atom stereocenters. The summed E-state index contributed by atoms with van der Waals surface area (Å²) in [6, 6.07) is 13.9. The maximum atomic E-state index is 14.8. The van der Waals surface area contributed by atoms with Crippen molar-refractivity contribution >= 4 is 28.3 Å². The van der Waals surface area contributed by atoms with E-state index in [0.717, 1.165) is 37.0 Å². The Morgan fingerprint density at radius 1 is 0.969 bits per heavy atom. The summed E-state index contributed by atoms with van der Waals surface area (Å²) in [6.45, 7) is 3.01. The van der Waals surface area contributed by atoms with Crippen LogP contribution in [0.4, 0.5) is 14.6 Å². The molecule has 1 aliphatic rings. The molecule has 0 aliphatic carbocycles. The molecule has 8 heteroatoms. The molecule has 32 heavy (non-hydrogen) atoms. The predicted molar refractivity (Wildman–Crippen MR) is 122 cm³/mol. The first-order valence-electron chi connectivity index (χ1n) is 10.3. The Morgan fingerprint density at radius 2 is 1.75 bits per heavy atom. The fraction of sp³-hybridized carbons (Fsp3) is 0.167. The molecule has 5 rings (SSSR count). The van der Waals surface area contributed by atoms with Gasteiger partial charge in [0.2, 0.25) is 0 Å². The summed E-state index contributed by atoms with van der Waals surface area (Å²) >= 11 is 6.42.